The van der Waals surface area contributed by atoms with Gasteiger partial charge in [-0.25, -0.2) is 0 Å². The SMILES string of the molecule is CCOc1ccc(CCNC(=NC)NCc2cccc3cccnc23)cc1OCC. The predicted molar refractivity (Wildman–Crippen MR) is 122 cm³/mol. The van der Waals surface area contributed by atoms with Gasteiger partial charge < -0.3 is 20.1 Å². The van der Waals surface area contributed by atoms with Crippen molar-refractivity contribution in [3.8, 4) is 11.5 Å². The molecular formula is C24H30N4O2. The van der Waals surface area contributed by atoms with Gasteiger partial charge in [-0.2, -0.15) is 0 Å². The first kappa shape index (κ1) is 21.4. The molecule has 0 aliphatic heterocycles. The molecule has 0 fully saturated rings. The van der Waals surface area contributed by atoms with E-state index in [-0.39, 0.29) is 0 Å². The van der Waals surface area contributed by atoms with E-state index in [0.29, 0.717) is 19.8 Å². The second kappa shape index (κ2) is 11.0. The molecule has 0 atom stereocenters. The molecule has 1 aromatic heterocycles. The summed E-state index contributed by atoms with van der Waals surface area (Å²) >= 11 is 0. The van der Waals surface area contributed by atoms with Crippen molar-refractivity contribution in [1.29, 1.82) is 0 Å². The van der Waals surface area contributed by atoms with Crippen LogP contribution in [-0.4, -0.2) is 37.7 Å². The third-order valence-electron chi connectivity index (χ3n) is 4.70. The fourth-order valence-electron chi connectivity index (χ4n) is 3.29. The molecule has 0 amide bonds. The molecule has 0 radical (unpaired) electrons. The van der Waals surface area contributed by atoms with Crippen LogP contribution in [-0.2, 0) is 13.0 Å². The van der Waals surface area contributed by atoms with Crippen molar-refractivity contribution in [2.45, 2.75) is 26.8 Å². The molecule has 0 bridgehead atoms. The minimum absolute atomic E-state index is 0.612. The zero-order chi connectivity index (χ0) is 21.2. The normalized spacial score (nSPS) is 11.4. The van der Waals surface area contributed by atoms with Crippen LogP contribution in [0.15, 0.2) is 59.7 Å². The number of benzene rings is 2. The quantitative estimate of drug-likeness (QED) is 0.416. The van der Waals surface area contributed by atoms with Crippen molar-refractivity contribution in [2.24, 2.45) is 4.99 Å². The molecule has 0 aliphatic rings. The number of ether oxygens (including phenoxy) is 2. The van der Waals surface area contributed by atoms with Crippen molar-refractivity contribution in [2.75, 3.05) is 26.8 Å². The number of aromatic nitrogens is 1. The third kappa shape index (κ3) is 5.63. The maximum Gasteiger partial charge on any atom is 0.191 e. The summed E-state index contributed by atoms with van der Waals surface area (Å²) in [5.74, 6) is 2.35. The van der Waals surface area contributed by atoms with Crippen LogP contribution in [0.2, 0.25) is 0 Å². The summed E-state index contributed by atoms with van der Waals surface area (Å²) < 4.78 is 11.3. The van der Waals surface area contributed by atoms with E-state index in [0.717, 1.165) is 46.9 Å². The summed E-state index contributed by atoms with van der Waals surface area (Å²) in [6.07, 6.45) is 2.68. The highest BCUT2D eigenvalue weighted by Crippen LogP contribution is 2.28. The van der Waals surface area contributed by atoms with Crippen LogP contribution in [0.4, 0.5) is 0 Å². The lowest BCUT2D eigenvalue weighted by atomic mass is 10.1. The zero-order valence-electron chi connectivity index (χ0n) is 17.9. The Balaban J connectivity index is 1.55. The molecule has 158 valence electrons. The molecule has 6 nitrogen and oxygen atoms in total. The number of aliphatic imine (C=N–C) groups is 1. The van der Waals surface area contributed by atoms with Crippen LogP contribution in [0.3, 0.4) is 0 Å². The molecule has 2 aromatic carbocycles. The number of guanidine groups is 1. The maximum absolute atomic E-state index is 5.71. The van der Waals surface area contributed by atoms with E-state index in [9.17, 15) is 0 Å². The van der Waals surface area contributed by atoms with Crippen LogP contribution >= 0.6 is 0 Å². The maximum atomic E-state index is 5.71. The molecule has 0 aliphatic carbocycles. The average molecular weight is 407 g/mol. The van der Waals surface area contributed by atoms with Gasteiger partial charge in [0.15, 0.2) is 17.5 Å². The number of fused-ring (bicyclic) bond motifs is 1. The lowest BCUT2D eigenvalue weighted by molar-refractivity contribution is 0.287. The Morgan fingerprint density at radius 3 is 2.57 bits per heavy atom. The Bertz CT molecular complexity index is 983. The van der Waals surface area contributed by atoms with Crippen LogP contribution < -0.4 is 20.1 Å². The number of nitrogens with one attached hydrogen (secondary N) is 2. The molecule has 3 rings (SSSR count). The van der Waals surface area contributed by atoms with Gasteiger partial charge in [-0.05, 0) is 49.6 Å². The number of rotatable bonds is 9. The van der Waals surface area contributed by atoms with Gasteiger partial charge in [0.05, 0.1) is 18.7 Å². The van der Waals surface area contributed by atoms with E-state index in [2.05, 4.69) is 50.9 Å². The number of para-hydroxylation sites is 1. The van der Waals surface area contributed by atoms with Crippen LogP contribution in [0.1, 0.15) is 25.0 Å². The lowest BCUT2D eigenvalue weighted by Crippen LogP contribution is -2.37. The van der Waals surface area contributed by atoms with Crippen molar-refractivity contribution in [1.82, 2.24) is 15.6 Å². The molecule has 6 heteroatoms. The van der Waals surface area contributed by atoms with E-state index < -0.39 is 0 Å². The van der Waals surface area contributed by atoms with Gasteiger partial charge in [-0.3, -0.25) is 9.98 Å². The van der Waals surface area contributed by atoms with Crippen LogP contribution in [0.5, 0.6) is 11.5 Å². The predicted octanol–water partition coefficient (Wildman–Crippen LogP) is 3.94. The van der Waals surface area contributed by atoms with Gasteiger partial charge in [0.2, 0.25) is 0 Å². The lowest BCUT2D eigenvalue weighted by Gasteiger charge is -2.14. The van der Waals surface area contributed by atoms with Crippen LogP contribution in [0.25, 0.3) is 10.9 Å². The van der Waals surface area contributed by atoms with E-state index >= 15 is 0 Å². The standard InChI is InChI=1S/C24H30N4O2/c1-4-29-21-12-11-18(16-22(21)30-5-2)13-15-27-24(25-3)28-17-20-9-6-8-19-10-7-14-26-23(19)20/h6-12,14,16H,4-5,13,15,17H2,1-3H3,(H2,25,27,28). The van der Waals surface area contributed by atoms with Gasteiger partial charge in [-0.1, -0.05) is 30.3 Å². The van der Waals surface area contributed by atoms with Gasteiger partial charge in [-0.15, -0.1) is 0 Å². The molecular weight excluding hydrogens is 376 g/mol. The minimum Gasteiger partial charge on any atom is -0.490 e. The Labute approximate surface area is 178 Å². The molecule has 1 heterocycles. The minimum atomic E-state index is 0.612. The summed E-state index contributed by atoms with van der Waals surface area (Å²) in [7, 11) is 1.78. The Hall–Kier alpha value is -3.28. The summed E-state index contributed by atoms with van der Waals surface area (Å²) in [5.41, 5.74) is 3.34. The number of pyridine rings is 1. The number of nitrogens with zero attached hydrogens (tertiary/aromatic N) is 2. The van der Waals surface area contributed by atoms with Crippen molar-refractivity contribution >= 4 is 16.9 Å². The van der Waals surface area contributed by atoms with Crippen molar-refractivity contribution in [3.05, 3.63) is 65.9 Å². The van der Waals surface area contributed by atoms with E-state index in [1.807, 2.05) is 38.2 Å². The van der Waals surface area contributed by atoms with E-state index in [4.69, 9.17) is 9.47 Å². The second-order valence-electron chi connectivity index (χ2n) is 6.74. The first-order chi connectivity index (χ1) is 14.7. The molecule has 30 heavy (non-hydrogen) atoms. The molecule has 0 saturated heterocycles. The molecule has 3 aromatic rings. The molecule has 2 N–H and O–H groups in total. The summed E-state index contributed by atoms with van der Waals surface area (Å²) in [4.78, 5) is 8.84. The number of hydrogen-bond acceptors (Lipinski definition) is 4. The highest BCUT2D eigenvalue weighted by Gasteiger charge is 2.07. The number of hydrogen-bond donors (Lipinski definition) is 2. The molecule has 0 unspecified atom stereocenters. The van der Waals surface area contributed by atoms with Gasteiger partial charge >= 0.3 is 0 Å². The second-order valence-corrected chi connectivity index (χ2v) is 6.74. The Morgan fingerprint density at radius 2 is 1.77 bits per heavy atom. The molecule has 0 spiro atoms. The fourth-order valence-corrected chi connectivity index (χ4v) is 3.29. The smallest absolute Gasteiger partial charge is 0.191 e. The zero-order valence-corrected chi connectivity index (χ0v) is 17.9. The topological polar surface area (TPSA) is 67.8 Å². The molecule has 0 saturated carbocycles. The van der Waals surface area contributed by atoms with Gasteiger partial charge in [0.25, 0.3) is 0 Å². The Kier molecular flexibility index (Phi) is 7.89. The largest absolute Gasteiger partial charge is 0.490 e. The first-order valence-electron chi connectivity index (χ1n) is 10.4. The van der Waals surface area contributed by atoms with Gasteiger partial charge in [0.1, 0.15) is 0 Å². The summed E-state index contributed by atoms with van der Waals surface area (Å²) in [6, 6.07) is 16.4. The average Bonchev–Trinajstić information content (AvgIpc) is 2.78. The van der Waals surface area contributed by atoms with Crippen molar-refractivity contribution < 1.29 is 9.47 Å². The fraction of sp³-hybridized carbons (Fsp3) is 0.333. The van der Waals surface area contributed by atoms with Crippen LogP contribution in [0, 0.1) is 0 Å². The van der Waals surface area contributed by atoms with Gasteiger partial charge in [0, 0.05) is 31.7 Å². The third-order valence-corrected chi connectivity index (χ3v) is 4.70. The van der Waals surface area contributed by atoms with E-state index in [1.165, 1.54) is 5.56 Å². The van der Waals surface area contributed by atoms with Crippen molar-refractivity contribution in [3.63, 3.8) is 0 Å². The Morgan fingerprint density at radius 1 is 0.967 bits per heavy atom. The van der Waals surface area contributed by atoms with E-state index in [1.54, 1.807) is 7.05 Å². The highest BCUT2D eigenvalue weighted by molar-refractivity contribution is 5.83. The summed E-state index contributed by atoms with van der Waals surface area (Å²) in [5, 5.41) is 7.89. The summed E-state index contributed by atoms with van der Waals surface area (Å²) in [6.45, 7) is 6.60. The highest BCUT2D eigenvalue weighted by atomic mass is 16.5. The first-order valence-corrected chi connectivity index (χ1v) is 10.4. The monoisotopic (exact) mass is 406 g/mol.